The predicted molar refractivity (Wildman–Crippen MR) is 191 cm³/mol. The monoisotopic (exact) mass is 657 g/mol. The Balaban J connectivity index is 1.05. The Hall–Kier alpha value is -5.09. The van der Waals surface area contributed by atoms with E-state index in [9.17, 15) is 9.18 Å². The number of hydrogen-bond acceptors (Lipinski definition) is 6. The Morgan fingerprint density at radius 1 is 0.918 bits per heavy atom. The molecule has 49 heavy (non-hydrogen) atoms. The van der Waals surface area contributed by atoms with Gasteiger partial charge in [-0.1, -0.05) is 31.4 Å². The molecule has 5 heterocycles. The number of fused-ring (bicyclic) bond motifs is 2. The number of aromatic nitrogens is 5. The van der Waals surface area contributed by atoms with Gasteiger partial charge in [0.25, 0.3) is 0 Å². The molecule has 2 fully saturated rings. The smallest absolute Gasteiger partial charge is 0.224 e. The van der Waals surface area contributed by atoms with E-state index in [4.69, 9.17) is 4.74 Å². The summed E-state index contributed by atoms with van der Waals surface area (Å²) in [7, 11) is 0. The molecule has 2 aromatic carbocycles. The first-order chi connectivity index (χ1) is 24.1. The standard InChI is InChI=1S/C39H40FN7O2/c40-28-16-26(18-30(19-28)49-14-13-47-11-4-5-12-47)31-9-6-10-34-32(31)20-36(44-34)39-33-21-35(42-24-37(33)45-46-39)27-17-29(23-41-22-27)43-38(48)15-25-7-2-1-3-8-25/h6,9-10,16-25,44H,1-5,7-8,11-15H2,(H,43,48)(H,45,46). The van der Waals surface area contributed by atoms with Crippen LogP contribution in [0.15, 0.2) is 73.2 Å². The summed E-state index contributed by atoms with van der Waals surface area (Å²) in [5.74, 6) is 0.692. The van der Waals surface area contributed by atoms with Crippen molar-refractivity contribution >= 4 is 33.4 Å². The summed E-state index contributed by atoms with van der Waals surface area (Å²) in [5.41, 5.74) is 7.12. The van der Waals surface area contributed by atoms with Crippen molar-refractivity contribution in [3.05, 3.63) is 79.0 Å². The number of H-pyrrole nitrogens is 2. The van der Waals surface area contributed by atoms with Crippen molar-refractivity contribution in [1.82, 2.24) is 30.0 Å². The SMILES string of the molecule is O=C(CC1CCCCC1)Nc1cncc(-c2cc3c(-c4cc5c(-c6cc(F)cc(OCCN7CCCC7)c6)cccc5[nH]4)n[nH]c3cn2)c1. The Morgan fingerprint density at radius 3 is 2.67 bits per heavy atom. The topological polar surface area (TPSA) is 112 Å². The van der Waals surface area contributed by atoms with Crippen molar-refractivity contribution in [3.8, 4) is 39.5 Å². The third kappa shape index (κ3) is 6.91. The summed E-state index contributed by atoms with van der Waals surface area (Å²) in [6, 6.07) is 16.9. The number of carbonyl (C=O) groups is 1. The largest absolute Gasteiger partial charge is 0.492 e. The van der Waals surface area contributed by atoms with Crippen LogP contribution >= 0.6 is 0 Å². The van der Waals surface area contributed by atoms with E-state index in [1.54, 1.807) is 24.7 Å². The van der Waals surface area contributed by atoms with Gasteiger partial charge in [-0.3, -0.25) is 24.8 Å². The lowest BCUT2D eigenvalue weighted by Crippen LogP contribution is -2.25. The second-order valence-electron chi connectivity index (χ2n) is 13.4. The number of aromatic amines is 2. The van der Waals surface area contributed by atoms with Crippen LogP contribution in [0.3, 0.4) is 0 Å². The summed E-state index contributed by atoms with van der Waals surface area (Å²) in [6.07, 6.45) is 14.1. The van der Waals surface area contributed by atoms with Gasteiger partial charge in [0.15, 0.2) is 0 Å². The quantitative estimate of drug-likeness (QED) is 0.137. The Labute approximate surface area is 284 Å². The van der Waals surface area contributed by atoms with E-state index in [0.29, 0.717) is 30.4 Å². The number of hydrogen-bond donors (Lipinski definition) is 3. The molecule has 1 amide bonds. The Kier molecular flexibility index (Phi) is 8.78. The zero-order valence-corrected chi connectivity index (χ0v) is 27.5. The molecule has 6 aromatic rings. The van der Waals surface area contributed by atoms with Crippen molar-refractivity contribution in [2.75, 3.05) is 31.6 Å². The highest BCUT2D eigenvalue weighted by Gasteiger charge is 2.19. The molecule has 0 bridgehead atoms. The number of carbonyl (C=O) groups excluding carboxylic acids is 1. The number of pyridine rings is 2. The fourth-order valence-corrected chi connectivity index (χ4v) is 7.43. The number of rotatable bonds is 10. The molecule has 9 nitrogen and oxygen atoms in total. The molecule has 10 heteroatoms. The summed E-state index contributed by atoms with van der Waals surface area (Å²) in [4.78, 5) is 27.8. The van der Waals surface area contributed by atoms with Crippen molar-refractivity contribution < 1.29 is 13.9 Å². The van der Waals surface area contributed by atoms with Gasteiger partial charge in [0.2, 0.25) is 5.91 Å². The van der Waals surface area contributed by atoms with Crippen LogP contribution in [-0.4, -0.2) is 62.2 Å². The molecule has 250 valence electrons. The van der Waals surface area contributed by atoms with E-state index in [2.05, 4.69) is 41.4 Å². The van der Waals surface area contributed by atoms with Gasteiger partial charge in [0.1, 0.15) is 23.9 Å². The molecule has 2 aliphatic rings. The third-order valence-corrected chi connectivity index (χ3v) is 9.94. The lowest BCUT2D eigenvalue weighted by atomic mass is 9.87. The van der Waals surface area contributed by atoms with Crippen molar-refractivity contribution in [1.29, 1.82) is 0 Å². The first-order valence-electron chi connectivity index (χ1n) is 17.4. The third-order valence-electron chi connectivity index (χ3n) is 9.94. The van der Waals surface area contributed by atoms with E-state index >= 15 is 0 Å². The molecule has 1 aliphatic heterocycles. The van der Waals surface area contributed by atoms with E-state index < -0.39 is 0 Å². The minimum Gasteiger partial charge on any atom is -0.492 e. The number of nitrogens with one attached hydrogen (secondary N) is 3. The van der Waals surface area contributed by atoms with Crippen LogP contribution in [0.25, 0.3) is 55.6 Å². The highest BCUT2D eigenvalue weighted by Crippen LogP contribution is 2.36. The Morgan fingerprint density at radius 2 is 1.80 bits per heavy atom. The first-order valence-corrected chi connectivity index (χ1v) is 17.4. The van der Waals surface area contributed by atoms with E-state index in [1.165, 1.54) is 38.2 Å². The fraction of sp³-hybridized carbons (Fsp3) is 0.333. The van der Waals surface area contributed by atoms with Gasteiger partial charge in [-0.2, -0.15) is 5.10 Å². The number of likely N-dealkylation sites (tertiary alicyclic amines) is 1. The van der Waals surface area contributed by atoms with E-state index in [1.807, 2.05) is 36.4 Å². The number of nitrogens with zero attached hydrogens (tertiary/aromatic N) is 4. The molecule has 1 saturated carbocycles. The number of benzene rings is 2. The molecule has 1 saturated heterocycles. The summed E-state index contributed by atoms with van der Waals surface area (Å²) >= 11 is 0. The summed E-state index contributed by atoms with van der Waals surface area (Å²) in [5, 5.41) is 12.7. The van der Waals surface area contributed by atoms with Gasteiger partial charge in [-0.15, -0.1) is 0 Å². The first kappa shape index (κ1) is 31.2. The van der Waals surface area contributed by atoms with Crippen LogP contribution in [0.1, 0.15) is 51.4 Å². The number of halogens is 1. The van der Waals surface area contributed by atoms with Gasteiger partial charge in [0, 0.05) is 47.1 Å². The van der Waals surface area contributed by atoms with Gasteiger partial charge in [-0.25, -0.2) is 4.39 Å². The normalized spacial score (nSPS) is 15.7. The molecule has 0 radical (unpaired) electrons. The van der Waals surface area contributed by atoms with Gasteiger partial charge in [-0.05, 0) is 92.2 Å². The molecule has 1 aliphatic carbocycles. The lowest BCUT2D eigenvalue weighted by molar-refractivity contribution is -0.117. The van der Waals surface area contributed by atoms with Crippen LogP contribution < -0.4 is 10.1 Å². The average molecular weight is 658 g/mol. The zero-order valence-electron chi connectivity index (χ0n) is 27.5. The van der Waals surface area contributed by atoms with Gasteiger partial charge >= 0.3 is 0 Å². The number of anilines is 1. The zero-order chi connectivity index (χ0) is 33.2. The molecule has 4 aromatic heterocycles. The average Bonchev–Trinajstić information content (AvgIpc) is 3.88. The molecule has 3 N–H and O–H groups in total. The fourth-order valence-electron chi connectivity index (χ4n) is 7.43. The summed E-state index contributed by atoms with van der Waals surface area (Å²) < 4.78 is 20.9. The van der Waals surface area contributed by atoms with E-state index in [0.717, 1.165) is 88.1 Å². The molecule has 8 rings (SSSR count). The van der Waals surface area contributed by atoms with Crippen LogP contribution in [-0.2, 0) is 4.79 Å². The molecular weight excluding hydrogens is 617 g/mol. The molecule has 0 unspecified atom stereocenters. The predicted octanol–water partition coefficient (Wildman–Crippen LogP) is 8.36. The van der Waals surface area contributed by atoms with Gasteiger partial charge in [0.05, 0.1) is 35.0 Å². The second kappa shape index (κ2) is 13.8. The maximum atomic E-state index is 14.9. The Bertz CT molecular complexity index is 2110. The maximum absolute atomic E-state index is 14.9. The van der Waals surface area contributed by atoms with Gasteiger partial charge < -0.3 is 15.0 Å². The molecular formula is C39H40FN7O2. The van der Waals surface area contributed by atoms with Crippen LogP contribution in [0.2, 0.25) is 0 Å². The maximum Gasteiger partial charge on any atom is 0.224 e. The van der Waals surface area contributed by atoms with Crippen molar-refractivity contribution in [2.45, 2.75) is 51.4 Å². The number of ether oxygens (including phenoxy) is 1. The van der Waals surface area contributed by atoms with Crippen molar-refractivity contribution in [2.24, 2.45) is 5.92 Å². The van der Waals surface area contributed by atoms with Crippen LogP contribution in [0, 0.1) is 11.7 Å². The molecule has 0 spiro atoms. The summed E-state index contributed by atoms with van der Waals surface area (Å²) in [6.45, 7) is 3.57. The van der Waals surface area contributed by atoms with E-state index in [-0.39, 0.29) is 11.7 Å². The number of amides is 1. The lowest BCUT2D eigenvalue weighted by Gasteiger charge is -2.20. The minimum absolute atomic E-state index is 0.0315. The van der Waals surface area contributed by atoms with Crippen LogP contribution in [0.5, 0.6) is 5.75 Å². The highest BCUT2D eigenvalue weighted by molar-refractivity contribution is 6.01. The van der Waals surface area contributed by atoms with Crippen molar-refractivity contribution in [3.63, 3.8) is 0 Å². The highest BCUT2D eigenvalue weighted by atomic mass is 19.1. The second-order valence-corrected chi connectivity index (χ2v) is 13.4. The molecule has 0 atom stereocenters. The van der Waals surface area contributed by atoms with Crippen LogP contribution in [0.4, 0.5) is 10.1 Å². The minimum atomic E-state index is -0.331.